The molecular formula is C20H23N5O2. The summed E-state index contributed by atoms with van der Waals surface area (Å²) in [5.74, 6) is 0.726. The molecule has 3 heterocycles. The van der Waals surface area contributed by atoms with Crippen molar-refractivity contribution in [2.45, 2.75) is 39.0 Å². The van der Waals surface area contributed by atoms with E-state index in [9.17, 15) is 4.79 Å². The van der Waals surface area contributed by atoms with Gasteiger partial charge in [-0.1, -0.05) is 18.2 Å². The van der Waals surface area contributed by atoms with Crippen LogP contribution in [-0.4, -0.2) is 31.8 Å². The lowest BCUT2D eigenvalue weighted by atomic mass is 9.99. The Morgan fingerprint density at radius 2 is 2.26 bits per heavy atom. The molecule has 1 aromatic carbocycles. The number of carbonyl (C=O) groups is 1. The maximum atomic E-state index is 12.7. The van der Waals surface area contributed by atoms with Gasteiger partial charge < -0.3 is 14.6 Å². The predicted octanol–water partition coefficient (Wildman–Crippen LogP) is 2.76. The number of aromatic nitrogens is 4. The SMILES string of the molecule is C[C@@H]1Cc2c(C(=O)NCc3cccc(-c4nccn4C)c3)n[nH]c2[C@H](C)O1. The number of aromatic amines is 1. The fourth-order valence-corrected chi connectivity index (χ4v) is 3.59. The summed E-state index contributed by atoms with van der Waals surface area (Å²) in [6, 6.07) is 8.02. The number of imidazole rings is 1. The molecule has 1 aliphatic rings. The minimum atomic E-state index is -0.170. The van der Waals surface area contributed by atoms with Crippen LogP contribution < -0.4 is 5.32 Å². The smallest absolute Gasteiger partial charge is 0.272 e. The highest BCUT2D eigenvalue weighted by atomic mass is 16.5. The molecule has 1 aliphatic heterocycles. The summed E-state index contributed by atoms with van der Waals surface area (Å²) < 4.78 is 7.75. The largest absolute Gasteiger partial charge is 0.369 e. The van der Waals surface area contributed by atoms with Gasteiger partial charge in [0.1, 0.15) is 5.82 Å². The number of nitrogens with zero attached hydrogens (tertiary/aromatic N) is 3. The van der Waals surface area contributed by atoms with Crippen LogP contribution in [0.25, 0.3) is 11.4 Å². The molecule has 2 atom stereocenters. The summed E-state index contributed by atoms with van der Waals surface area (Å²) in [5, 5.41) is 10.2. The second-order valence-electron chi connectivity index (χ2n) is 7.00. The van der Waals surface area contributed by atoms with Crippen LogP contribution in [0.3, 0.4) is 0 Å². The average Bonchev–Trinajstić information content (AvgIpc) is 3.26. The van der Waals surface area contributed by atoms with Gasteiger partial charge in [-0.25, -0.2) is 4.98 Å². The number of benzene rings is 1. The number of amides is 1. The minimum absolute atomic E-state index is 0.0751. The van der Waals surface area contributed by atoms with E-state index < -0.39 is 0 Å². The first-order valence-electron chi connectivity index (χ1n) is 9.10. The van der Waals surface area contributed by atoms with E-state index in [1.165, 1.54) is 0 Å². The van der Waals surface area contributed by atoms with Gasteiger partial charge in [0.05, 0.1) is 17.9 Å². The number of rotatable bonds is 4. The Morgan fingerprint density at radius 1 is 1.41 bits per heavy atom. The zero-order valence-corrected chi connectivity index (χ0v) is 15.7. The molecule has 0 saturated carbocycles. The van der Waals surface area contributed by atoms with Crippen molar-refractivity contribution >= 4 is 5.91 Å². The van der Waals surface area contributed by atoms with Crippen LogP contribution in [0.4, 0.5) is 0 Å². The van der Waals surface area contributed by atoms with E-state index in [0.29, 0.717) is 18.7 Å². The lowest BCUT2D eigenvalue weighted by Gasteiger charge is -2.25. The van der Waals surface area contributed by atoms with E-state index in [4.69, 9.17) is 4.74 Å². The molecule has 7 nitrogen and oxygen atoms in total. The summed E-state index contributed by atoms with van der Waals surface area (Å²) in [7, 11) is 1.96. The molecule has 0 bridgehead atoms. The molecule has 0 saturated heterocycles. The molecule has 2 N–H and O–H groups in total. The second kappa shape index (κ2) is 7.00. The van der Waals surface area contributed by atoms with E-state index >= 15 is 0 Å². The van der Waals surface area contributed by atoms with Crippen LogP contribution in [0.2, 0.25) is 0 Å². The first-order chi connectivity index (χ1) is 13.0. The lowest BCUT2D eigenvalue weighted by molar-refractivity contribution is -0.00697. The van der Waals surface area contributed by atoms with Crippen LogP contribution in [-0.2, 0) is 24.8 Å². The highest BCUT2D eigenvalue weighted by Gasteiger charge is 2.29. The fourth-order valence-electron chi connectivity index (χ4n) is 3.59. The van der Waals surface area contributed by atoms with Crippen molar-refractivity contribution in [3.8, 4) is 11.4 Å². The van der Waals surface area contributed by atoms with Gasteiger partial charge in [-0.3, -0.25) is 9.89 Å². The standard InChI is InChI=1S/C20H23N5O2/c1-12-9-16-17(13(2)27-12)23-24-18(16)20(26)22-11-14-5-4-6-15(10-14)19-21-7-8-25(19)3/h4-8,10,12-13H,9,11H2,1-3H3,(H,22,26)(H,23,24)/t12-,13+/m1/s1. The Morgan fingerprint density at radius 3 is 3.04 bits per heavy atom. The maximum absolute atomic E-state index is 12.7. The minimum Gasteiger partial charge on any atom is -0.369 e. The van der Waals surface area contributed by atoms with Gasteiger partial charge in [0, 0.05) is 43.5 Å². The number of H-pyrrole nitrogens is 1. The van der Waals surface area contributed by atoms with Crippen molar-refractivity contribution in [3.63, 3.8) is 0 Å². The van der Waals surface area contributed by atoms with E-state index in [-0.39, 0.29) is 18.1 Å². The Balaban J connectivity index is 1.49. The van der Waals surface area contributed by atoms with Crippen LogP contribution in [0, 0.1) is 0 Å². The van der Waals surface area contributed by atoms with Crippen LogP contribution in [0.5, 0.6) is 0 Å². The highest BCUT2D eigenvalue weighted by molar-refractivity contribution is 5.94. The van der Waals surface area contributed by atoms with E-state index in [0.717, 1.165) is 28.2 Å². The topological polar surface area (TPSA) is 84.8 Å². The fraction of sp³-hybridized carbons (Fsp3) is 0.350. The van der Waals surface area contributed by atoms with Crippen molar-refractivity contribution in [1.82, 2.24) is 25.1 Å². The van der Waals surface area contributed by atoms with Gasteiger partial charge in [-0.05, 0) is 25.5 Å². The van der Waals surface area contributed by atoms with Crippen LogP contribution in [0.15, 0.2) is 36.7 Å². The van der Waals surface area contributed by atoms with Crippen LogP contribution >= 0.6 is 0 Å². The zero-order valence-electron chi connectivity index (χ0n) is 15.7. The number of carbonyl (C=O) groups excluding carboxylic acids is 1. The Labute approximate surface area is 157 Å². The monoisotopic (exact) mass is 365 g/mol. The molecule has 3 aromatic rings. The summed E-state index contributed by atoms with van der Waals surface area (Å²) in [4.78, 5) is 17.1. The van der Waals surface area contributed by atoms with Gasteiger partial charge in [0.25, 0.3) is 5.91 Å². The Kier molecular flexibility index (Phi) is 4.53. The number of aryl methyl sites for hydroxylation is 1. The number of ether oxygens (including phenoxy) is 1. The summed E-state index contributed by atoms with van der Waals surface area (Å²) in [5.41, 5.74) is 4.35. The van der Waals surface area contributed by atoms with E-state index in [1.54, 1.807) is 6.20 Å². The van der Waals surface area contributed by atoms with Gasteiger partial charge >= 0.3 is 0 Å². The summed E-state index contributed by atoms with van der Waals surface area (Å²) in [6.07, 6.45) is 4.37. The van der Waals surface area contributed by atoms with Gasteiger partial charge in [-0.2, -0.15) is 5.10 Å². The zero-order chi connectivity index (χ0) is 19.0. The quantitative estimate of drug-likeness (QED) is 0.744. The van der Waals surface area contributed by atoms with Crippen molar-refractivity contribution in [2.24, 2.45) is 7.05 Å². The molecule has 2 aromatic heterocycles. The van der Waals surface area contributed by atoms with Crippen molar-refractivity contribution in [1.29, 1.82) is 0 Å². The third kappa shape index (κ3) is 3.38. The highest BCUT2D eigenvalue weighted by Crippen LogP contribution is 2.30. The summed E-state index contributed by atoms with van der Waals surface area (Å²) >= 11 is 0. The first kappa shape index (κ1) is 17.5. The van der Waals surface area contributed by atoms with Gasteiger partial charge in [0.2, 0.25) is 0 Å². The van der Waals surface area contributed by atoms with Crippen molar-refractivity contribution < 1.29 is 9.53 Å². The third-order valence-corrected chi connectivity index (χ3v) is 4.91. The molecule has 0 aliphatic carbocycles. The molecule has 7 heteroatoms. The van der Waals surface area contributed by atoms with E-state index in [1.807, 2.05) is 55.9 Å². The maximum Gasteiger partial charge on any atom is 0.272 e. The van der Waals surface area contributed by atoms with Crippen molar-refractivity contribution in [3.05, 3.63) is 59.2 Å². The molecular weight excluding hydrogens is 342 g/mol. The molecule has 0 radical (unpaired) electrons. The molecule has 0 unspecified atom stereocenters. The second-order valence-corrected chi connectivity index (χ2v) is 7.00. The van der Waals surface area contributed by atoms with E-state index in [2.05, 4.69) is 20.5 Å². The van der Waals surface area contributed by atoms with Crippen LogP contribution in [0.1, 0.15) is 47.3 Å². The molecule has 0 spiro atoms. The number of fused-ring (bicyclic) bond motifs is 1. The lowest BCUT2D eigenvalue weighted by Crippen LogP contribution is -2.27. The summed E-state index contributed by atoms with van der Waals surface area (Å²) in [6.45, 7) is 4.41. The molecule has 0 fully saturated rings. The van der Waals surface area contributed by atoms with Gasteiger partial charge in [-0.15, -0.1) is 0 Å². The average molecular weight is 365 g/mol. The predicted molar refractivity (Wildman–Crippen MR) is 101 cm³/mol. The molecule has 27 heavy (non-hydrogen) atoms. The first-order valence-corrected chi connectivity index (χ1v) is 9.10. The molecule has 4 rings (SSSR count). The third-order valence-electron chi connectivity index (χ3n) is 4.91. The van der Waals surface area contributed by atoms with Gasteiger partial charge in [0.15, 0.2) is 5.69 Å². The van der Waals surface area contributed by atoms with Crippen molar-refractivity contribution in [2.75, 3.05) is 0 Å². The number of hydrogen-bond donors (Lipinski definition) is 2. The number of hydrogen-bond acceptors (Lipinski definition) is 4. The number of nitrogens with one attached hydrogen (secondary N) is 2. The Hall–Kier alpha value is -2.93. The molecule has 140 valence electrons. The molecule has 1 amide bonds. The normalized spacial score (nSPS) is 18.9. The Bertz CT molecular complexity index is 974.